The number of thiophene rings is 1. The molecule has 0 radical (unpaired) electrons. The van der Waals surface area contributed by atoms with Crippen LogP contribution in [0.3, 0.4) is 0 Å². The predicted octanol–water partition coefficient (Wildman–Crippen LogP) is 1.46. The molecule has 0 spiro atoms. The molecule has 2 unspecified atom stereocenters. The number of hydrogen-bond acceptors (Lipinski definition) is 4. The van der Waals surface area contributed by atoms with Gasteiger partial charge in [0, 0.05) is 25.0 Å². The van der Waals surface area contributed by atoms with Crippen LogP contribution in [0.1, 0.15) is 24.1 Å². The fraction of sp³-hybridized carbons (Fsp3) is 0.500. The average Bonchev–Trinajstić information content (AvgIpc) is 2.86. The third-order valence-electron chi connectivity index (χ3n) is 2.59. The van der Waals surface area contributed by atoms with Crippen molar-refractivity contribution in [3.63, 3.8) is 0 Å². The van der Waals surface area contributed by atoms with Crippen LogP contribution in [0.4, 0.5) is 0 Å². The van der Waals surface area contributed by atoms with Crippen LogP contribution in [0.2, 0.25) is 0 Å². The van der Waals surface area contributed by atoms with Crippen molar-refractivity contribution in [2.24, 2.45) is 0 Å². The van der Waals surface area contributed by atoms with Gasteiger partial charge in [-0.1, -0.05) is 6.07 Å². The van der Waals surface area contributed by atoms with Gasteiger partial charge in [0.25, 0.3) is 0 Å². The minimum absolute atomic E-state index is 0.259. The molecule has 0 fully saturated rings. The normalized spacial score (nSPS) is 13.9. The van der Waals surface area contributed by atoms with Crippen LogP contribution >= 0.6 is 11.3 Å². The van der Waals surface area contributed by atoms with Gasteiger partial charge in [-0.3, -0.25) is 4.79 Å². The fourth-order valence-electron chi connectivity index (χ4n) is 1.46. The first kappa shape index (κ1) is 14.7. The summed E-state index contributed by atoms with van der Waals surface area (Å²) in [7, 11) is 1.50. The second-order valence-corrected chi connectivity index (χ2v) is 4.90. The molecule has 1 aromatic rings. The standard InChI is InChI=1S/C12H17NO4S/c1-8(10-4-3-7-18-10)11(14)13-9(12(15)16)5-6-17-2/h3-4,7-9H,5-6H2,1-2H3,(H,13,14)(H,15,16). The van der Waals surface area contributed by atoms with Crippen molar-refractivity contribution in [1.29, 1.82) is 0 Å². The molecule has 5 nitrogen and oxygen atoms in total. The zero-order valence-electron chi connectivity index (χ0n) is 10.4. The first-order valence-corrected chi connectivity index (χ1v) is 6.49. The summed E-state index contributed by atoms with van der Waals surface area (Å²) in [6.07, 6.45) is 0.259. The van der Waals surface area contributed by atoms with Gasteiger partial charge in [-0.2, -0.15) is 0 Å². The highest BCUT2D eigenvalue weighted by Gasteiger charge is 2.23. The van der Waals surface area contributed by atoms with E-state index < -0.39 is 12.0 Å². The van der Waals surface area contributed by atoms with Gasteiger partial charge in [-0.15, -0.1) is 11.3 Å². The smallest absolute Gasteiger partial charge is 0.326 e. The third-order valence-corrected chi connectivity index (χ3v) is 3.64. The molecule has 100 valence electrons. The first-order chi connectivity index (χ1) is 8.56. The Bertz CT molecular complexity index is 391. The number of nitrogens with one attached hydrogen (secondary N) is 1. The van der Waals surface area contributed by atoms with E-state index in [0.717, 1.165) is 4.88 Å². The van der Waals surface area contributed by atoms with Gasteiger partial charge in [-0.05, 0) is 18.4 Å². The number of carboxylic acid groups (broad SMARTS) is 1. The van der Waals surface area contributed by atoms with E-state index in [9.17, 15) is 9.59 Å². The lowest BCUT2D eigenvalue weighted by Crippen LogP contribution is -2.43. The number of aliphatic carboxylic acids is 1. The number of hydrogen-bond donors (Lipinski definition) is 2. The summed E-state index contributed by atoms with van der Waals surface area (Å²) in [5, 5.41) is 13.4. The summed E-state index contributed by atoms with van der Waals surface area (Å²) in [5.74, 6) is -1.66. The highest BCUT2D eigenvalue weighted by molar-refractivity contribution is 7.10. The van der Waals surface area contributed by atoms with Crippen LogP contribution in [0.15, 0.2) is 17.5 Å². The number of ether oxygens (including phenoxy) is 1. The molecule has 18 heavy (non-hydrogen) atoms. The van der Waals surface area contributed by atoms with Crippen molar-refractivity contribution in [3.8, 4) is 0 Å². The Morgan fingerprint density at radius 1 is 1.56 bits per heavy atom. The molecule has 1 heterocycles. The Kier molecular flexibility index (Phi) is 5.80. The SMILES string of the molecule is COCCC(NC(=O)C(C)c1cccs1)C(=O)O. The number of carbonyl (C=O) groups is 2. The minimum atomic E-state index is -1.04. The van der Waals surface area contributed by atoms with E-state index in [2.05, 4.69) is 5.32 Å². The van der Waals surface area contributed by atoms with Crippen molar-refractivity contribution < 1.29 is 19.4 Å². The number of carbonyl (C=O) groups excluding carboxylic acids is 1. The van der Waals surface area contributed by atoms with E-state index in [-0.39, 0.29) is 18.2 Å². The summed E-state index contributed by atoms with van der Waals surface area (Å²) in [6, 6.07) is 2.82. The summed E-state index contributed by atoms with van der Waals surface area (Å²) >= 11 is 1.48. The van der Waals surface area contributed by atoms with E-state index in [0.29, 0.717) is 6.61 Å². The van der Waals surface area contributed by atoms with Gasteiger partial charge < -0.3 is 15.2 Å². The van der Waals surface area contributed by atoms with Crippen LogP contribution in [-0.4, -0.2) is 36.7 Å². The van der Waals surface area contributed by atoms with Crippen LogP contribution in [0.25, 0.3) is 0 Å². The van der Waals surface area contributed by atoms with Crippen LogP contribution in [0.5, 0.6) is 0 Å². The molecule has 0 saturated heterocycles. The number of carboxylic acids is 1. The largest absolute Gasteiger partial charge is 0.480 e. The van der Waals surface area contributed by atoms with Crippen molar-refractivity contribution in [1.82, 2.24) is 5.32 Å². The number of rotatable bonds is 7. The van der Waals surface area contributed by atoms with Crippen molar-refractivity contribution >= 4 is 23.2 Å². The van der Waals surface area contributed by atoms with Crippen LogP contribution < -0.4 is 5.32 Å². The average molecular weight is 271 g/mol. The molecule has 1 amide bonds. The summed E-state index contributed by atoms with van der Waals surface area (Å²) in [6.45, 7) is 2.06. The molecule has 6 heteroatoms. The lowest BCUT2D eigenvalue weighted by atomic mass is 10.1. The van der Waals surface area contributed by atoms with Gasteiger partial charge in [-0.25, -0.2) is 4.79 Å². The molecule has 0 aliphatic rings. The maximum Gasteiger partial charge on any atom is 0.326 e. The van der Waals surface area contributed by atoms with Gasteiger partial charge in [0.1, 0.15) is 6.04 Å². The molecule has 0 aliphatic carbocycles. The Balaban J connectivity index is 2.58. The highest BCUT2D eigenvalue weighted by atomic mass is 32.1. The van der Waals surface area contributed by atoms with E-state index >= 15 is 0 Å². The van der Waals surface area contributed by atoms with Crippen molar-refractivity contribution in [2.75, 3.05) is 13.7 Å². The zero-order chi connectivity index (χ0) is 13.5. The summed E-state index contributed by atoms with van der Waals surface area (Å²) in [5.41, 5.74) is 0. The highest BCUT2D eigenvalue weighted by Crippen LogP contribution is 2.20. The van der Waals surface area contributed by atoms with Gasteiger partial charge >= 0.3 is 5.97 Å². The topological polar surface area (TPSA) is 75.6 Å². The molecule has 1 aromatic heterocycles. The maximum atomic E-state index is 11.9. The van der Waals surface area contributed by atoms with E-state index in [1.807, 2.05) is 17.5 Å². The van der Waals surface area contributed by atoms with Crippen LogP contribution in [-0.2, 0) is 14.3 Å². The molecule has 0 saturated carbocycles. The van der Waals surface area contributed by atoms with Crippen molar-refractivity contribution in [3.05, 3.63) is 22.4 Å². The predicted molar refractivity (Wildman–Crippen MR) is 68.8 cm³/mol. The van der Waals surface area contributed by atoms with E-state index in [4.69, 9.17) is 9.84 Å². The van der Waals surface area contributed by atoms with Crippen molar-refractivity contribution in [2.45, 2.75) is 25.3 Å². The zero-order valence-corrected chi connectivity index (χ0v) is 11.2. The third kappa shape index (κ3) is 4.12. The lowest BCUT2D eigenvalue weighted by Gasteiger charge is -2.16. The Hall–Kier alpha value is -1.40. The Labute approximate surface area is 110 Å². The van der Waals surface area contributed by atoms with Gasteiger partial charge in [0.2, 0.25) is 5.91 Å². The Morgan fingerprint density at radius 2 is 2.28 bits per heavy atom. The minimum Gasteiger partial charge on any atom is -0.480 e. The number of methoxy groups -OCH3 is 1. The molecular weight excluding hydrogens is 254 g/mol. The second-order valence-electron chi connectivity index (χ2n) is 3.92. The molecular formula is C12H17NO4S. The number of amides is 1. The molecule has 0 aliphatic heterocycles. The molecule has 2 atom stereocenters. The lowest BCUT2D eigenvalue weighted by molar-refractivity contribution is -0.142. The van der Waals surface area contributed by atoms with E-state index in [1.165, 1.54) is 18.4 Å². The summed E-state index contributed by atoms with van der Waals surface area (Å²) < 4.78 is 4.82. The Morgan fingerprint density at radius 3 is 2.78 bits per heavy atom. The second kappa shape index (κ2) is 7.13. The molecule has 0 aromatic carbocycles. The quantitative estimate of drug-likeness (QED) is 0.787. The first-order valence-electron chi connectivity index (χ1n) is 5.61. The summed E-state index contributed by atoms with van der Waals surface area (Å²) in [4.78, 5) is 23.8. The molecule has 0 bridgehead atoms. The van der Waals surface area contributed by atoms with E-state index in [1.54, 1.807) is 6.92 Å². The molecule has 1 rings (SSSR count). The van der Waals surface area contributed by atoms with Gasteiger partial charge in [0.15, 0.2) is 0 Å². The van der Waals surface area contributed by atoms with Crippen LogP contribution in [0, 0.1) is 0 Å². The molecule has 2 N–H and O–H groups in total. The fourth-order valence-corrected chi connectivity index (χ4v) is 2.24. The monoisotopic (exact) mass is 271 g/mol. The van der Waals surface area contributed by atoms with Gasteiger partial charge in [0.05, 0.1) is 5.92 Å². The maximum absolute atomic E-state index is 11.9.